The summed E-state index contributed by atoms with van der Waals surface area (Å²) in [4.78, 5) is 4.47. The molecule has 0 saturated carbocycles. The van der Waals surface area contributed by atoms with Crippen LogP contribution < -0.4 is 10.1 Å². The van der Waals surface area contributed by atoms with Crippen molar-refractivity contribution >= 4 is 0 Å². The number of benzene rings is 1. The molecule has 0 aliphatic carbocycles. The van der Waals surface area contributed by atoms with E-state index in [1.165, 1.54) is 13.5 Å². The van der Waals surface area contributed by atoms with Crippen LogP contribution in [0.25, 0.3) is 11.4 Å². The van der Waals surface area contributed by atoms with Gasteiger partial charge >= 0.3 is 0 Å². The molecule has 112 valence electrons. The number of ether oxygens (including phenoxy) is 1. The van der Waals surface area contributed by atoms with Crippen molar-refractivity contribution in [1.29, 1.82) is 0 Å². The molecule has 2 aromatic rings. The Labute approximate surface area is 123 Å². The summed E-state index contributed by atoms with van der Waals surface area (Å²) < 4.78 is 10.5. The van der Waals surface area contributed by atoms with Crippen LogP contribution in [-0.4, -0.2) is 28.9 Å². The van der Waals surface area contributed by atoms with Gasteiger partial charge in [-0.2, -0.15) is 4.98 Å². The van der Waals surface area contributed by atoms with Gasteiger partial charge in [0.2, 0.25) is 11.7 Å². The van der Waals surface area contributed by atoms with Gasteiger partial charge in [-0.1, -0.05) is 12.1 Å². The Morgan fingerprint density at radius 3 is 3.05 bits per heavy atom. The quantitative estimate of drug-likeness (QED) is 0.903. The summed E-state index contributed by atoms with van der Waals surface area (Å²) in [6, 6.07) is 5.11. The van der Waals surface area contributed by atoms with Crippen molar-refractivity contribution < 1.29 is 14.4 Å². The van der Waals surface area contributed by atoms with Gasteiger partial charge in [0.25, 0.3) is 0 Å². The Hall–Kier alpha value is -2.08. The van der Waals surface area contributed by atoms with E-state index in [1.807, 2.05) is 0 Å². The van der Waals surface area contributed by atoms with Crippen LogP contribution in [0.5, 0.6) is 11.5 Å². The maximum atomic E-state index is 9.62. The fourth-order valence-corrected chi connectivity index (χ4v) is 2.61. The molecule has 0 spiro atoms. The van der Waals surface area contributed by atoms with E-state index in [1.54, 1.807) is 18.2 Å². The molecule has 2 N–H and O–H groups in total. The van der Waals surface area contributed by atoms with E-state index in [2.05, 4.69) is 22.4 Å². The van der Waals surface area contributed by atoms with Gasteiger partial charge < -0.3 is 19.7 Å². The Morgan fingerprint density at radius 2 is 2.29 bits per heavy atom. The molecule has 21 heavy (non-hydrogen) atoms. The molecular weight excluding hydrogens is 270 g/mol. The summed E-state index contributed by atoms with van der Waals surface area (Å²) >= 11 is 0. The van der Waals surface area contributed by atoms with Crippen LogP contribution in [0.1, 0.15) is 31.7 Å². The van der Waals surface area contributed by atoms with Gasteiger partial charge in [0, 0.05) is 5.56 Å². The normalized spacial score (nSPS) is 22.2. The third-order valence-electron chi connectivity index (χ3n) is 3.84. The fraction of sp³-hybridized carbons (Fsp3) is 0.467. The van der Waals surface area contributed by atoms with Crippen molar-refractivity contribution in [2.75, 3.05) is 13.7 Å². The van der Waals surface area contributed by atoms with E-state index in [0.29, 0.717) is 23.4 Å². The molecule has 0 radical (unpaired) electrons. The van der Waals surface area contributed by atoms with Crippen LogP contribution in [0.15, 0.2) is 22.7 Å². The molecule has 1 aromatic carbocycles. The summed E-state index contributed by atoms with van der Waals surface area (Å²) in [5.41, 5.74) is 0.753. The van der Waals surface area contributed by atoms with E-state index in [0.717, 1.165) is 18.5 Å². The second kappa shape index (κ2) is 5.73. The molecule has 0 bridgehead atoms. The molecule has 6 heteroatoms. The van der Waals surface area contributed by atoms with Gasteiger partial charge in [0.05, 0.1) is 13.2 Å². The van der Waals surface area contributed by atoms with E-state index in [-0.39, 0.29) is 11.8 Å². The summed E-state index contributed by atoms with van der Waals surface area (Å²) in [5, 5.41) is 17.1. The highest BCUT2D eigenvalue weighted by Gasteiger charge is 2.25. The molecule has 2 atom stereocenters. The minimum absolute atomic E-state index is 0.0905. The molecule has 0 amide bonds. The SMILES string of the molecule is COc1cc(-c2noc(C3CC(C)CCN3)n2)ccc1O. The average Bonchev–Trinajstić information content (AvgIpc) is 2.97. The highest BCUT2D eigenvalue weighted by atomic mass is 16.5. The van der Waals surface area contributed by atoms with Crippen LogP contribution >= 0.6 is 0 Å². The standard InChI is InChI=1S/C15H19N3O3/c1-9-5-6-16-11(7-9)15-17-14(18-21-15)10-3-4-12(19)13(8-10)20-2/h3-4,8-9,11,16,19H,5-7H2,1-2H3. The molecule has 1 aliphatic heterocycles. The first-order valence-electron chi connectivity index (χ1n) is 7.11. The zero-order valence-corrected chi connectivity index (χ0v) is 12.2. The number of hydrogen-bond donors (Lipinski definition) is 2. The van der Waals surface area contributed by atoms with Gasteiger partial charge in [-0.05, 0) is 43.5 Å². The van der Waals surface area contributed by atoms with Crippen molar-refractivity contribution in [2.24, 2.45) is 5.92 Å². The lowest BCUT2D eigenvalue weighted by atomic mass is 9.94. The van der Waals surface area contributed by atoms with Gasteiger partial charge in [-0.15, -0.1) is 0 Å². The molecule has 2 unspecified atom stereocenters. The lowest BCUT2D eigenvalue weighted by molar-refractivity contribution is 0.260. The number of rotatable bonds is 3. The summed E-state index contributed by atoms with van der Waals surface area (Å²) in [7, 11) is 1.51. The third-order valence-corrected chi connectivity index (χ3v) is 3.84. The number of nitrogens with one attached hydrogen (secondary N) is 1. The van der Waals surface area contributed by atoms with Gasteiger partial charge in [-0.3, -0.25) is 0 Å². The minimum atomic E-state index is 0.0905. The molecule has 1 fully saturated rings. The first kappa shape index (κ1) is 13.9. The molecule has 3 rings (SSSR count). The summed E-state index contributed by atoms with van der Waals surface area (Å²) in [6.45, 7) is 3.20. The topological polar surface area (TPSA) is 80.4 Å². The Kier molecular flexibility index (Phi) is 3.79. The van der Waals surface area contributed by atoms with Gasteiger partial charge in [0.1, 0.15) is 0 Å². The van der Waals surface area contributed by atoms with Crippen molar-refractivity contribution in [3.05, 3.63) is 24.1 Å². The van der Waals surface area contributed by atoms with Crippen molar-refractivity contribution in [1.82, 2.24) is 15.5 Å². The second-order valence-corrected chi connectivity index (χ2v) is 5.48. The van der Waals surface area contributed by atoms with E-state index >= 15 is 0 Å². The number of hydrogen-bond acceptors (Lipinski definition) is 6. The lowest BCUT2D eigenvalue weighted by Gasteiger charge is -2.25. The molecule has 1 aromatic heterocycles. The predicted octanol–water partition coefficient (Wildman–Crippen LogP) is 2.51. The van der Waals surface area contributed by atoms with E-state index in [4.69, 9.17) is 9.26 Å². The van der Waals surface area contributed by atoms with Gasteiger partial charge in [0.15, 0.2) is 11.5 Å². The third kappa shape index (κ3) is 2.85. The Bertz CT molecular complexity index is 626. The monoisotopic (exact) mass is 289 g/mol. The Morgan fingerprint density at radius 1 is 1.43 bits per heavy atom. The highest BCUT2D eigenvalue weighted by molar-refractivity contribution is 5.60. The van der Waals surface area contributed by atoms with Crippen LogP contribution in [0, 0.1) is 5.92 Å². The van der Waals surface area contributed by atoms with Crippen LogP contribution in [-0.2, 0) is 0 Å². The van der Waals surface area contributed by atoms with Crippen LogP contribution in [0.4, 0.5) is 0 Å². The number of piperidine rings is 1. The zero-order valence-electron chi connectivity index (χ0n) is 12.2. The number of aromatic hydroxyl groups is 1. The molecule has 6 nitrogen and oxygen atoms in total. The van der Waals surface area contributed by atoms with E-state index < -0.39 is 0 Å². The maximum absolute atomic E-state index is 9.62. The first-order valence-corrected chi connectivity index (χ1v) is 7.11. The van der Waals surface area contributed by atoms with Crippen molar-refractivity contribution in [2.45, 2.75) is 25.8 Å². The lowest BCUT2D eigenvalue weighted by Crippen LogP contribution is -2.30. The average molecular weight is 289 g/mol. The molecule has 1 saturated heterocycles. The van der Waals surface area contributed by atoms with Crippen LogP contribution in [0.3, 0.4) is 0 Å². The van der Waals surface area contributed by atoms with Crippen molar-refractivity contribution in [3.8, 4) is 22.9 Å². The number of nitrogens with zero attached hydrogens (tertiary/aromatic N) is 2. The molecule has 1 aliphatic rings. The number of phenolic OH excluding ortho intramolecular Hbond substituents is 1. The largest absolute Gasteiger partial charge is 0.504 e. The molecular formula is C15H19N3O3. The fourth-order valence-electron chi connectivity index (χ4n) is 2.61. The first-order chi connectivity index (χ1) is 10.2. The molecule has 2 heterocycles. The van der Waals surface area contributed by atoms with E-state index in [9.17, 15) is 5.11 Å². The highest BCUT2D eigenvalue weighted by Crippen LogP contribution is 2.31. The second-order valence-electron chi connectivity index (χ2n) is 5.48. The number of methoxy groups -OCH3 is 1. The summed E-state index contributed by atoms with van der Waals surface area (Å²) in [5.74, 6) is 2.25. The predicted molar refractivity (Wildman–Crippen MR) is 77.1 cm³/mol. The minimum Gasteiger partial charge on any atom is -0.504 e. The number of aromatic nitrogens is 2. The van der Waals surface area contributed by atoms with Crippen LogP contribution in [0.2, 0.25) is 0 Å². The van der Waals surface area contributed by atoms with Crippen molar-refractivity contribution in [3.63, 3.8) is 0 Å². The Balaban J connectivity index is 1.84. The van der Waals surface area contributed by atoms with Gasteiger partial charge in [-0.25, -0.2) is 0 Å². The maximum Gasteiger partial charge on any atom is 0.244 e. The zero-order chi connectivity index (χ0) is 14.8. The number of phenols is 1. The summed E-state index contributed by atoms with van der Waals surface area (Å²) in [6.07, 6.45) is 2.17. The smallest absolute Gasteiger partial charge is 0.244 e.